The van der Waals surface area contributed by atoms with Gasteiger partial charge in [0.05, 0.1) is 0 Å². The second kappa shape index (κ2) is 4.62. The summed E-state index contributed by atoms with van der Waals surface area (Å²) >= 11 is 0. The van der Waals surface area contributed by atoms with E-state index in [2.05, 4.69) is 0 Å². The number of allylic oxidation sites excluding steroid dienone is 1. The lowest BCUT2D eigenvalue weighted by Crippen LogP contribution is -1.84. The number of hydrogen-bond acceptors (Lipinski definition) is 2. The number of carbonyl (C=O) groups excluding carboxylic acids is 1. The fraction of sp³-hybridized carbons (Fsp3) is 0.0714. The van der Waals surface area contributed by atoms with Crippen LogP contribution in [0.15, 0.2) is 46.9 Å². The molecule has 0 aliphatic rings. The molecule has 0 unspecified atom stereocenters. The highest BCUT2D eigenvalue weighted by atomic mass is 16.3. The molecule has 1 aromatic heterocycles. The molecule has 1 heterocycles. The minimum Gasteiger partial charge on any atom is -0.462 e. The predicted octanol–water partition coefficient (Wildman–Crippen LogP) is 3.33. The Kier molecular flexibility index (Phi) is 3.01. The maximum absolute atomic E-state index is 11.0. The van der Waals surface area contributed by atoms with Crippen molar-refractivity contribution < 1.29 is 9.21 Å². The third-order valence-electron chi connectivity index (χ3n) is 2.29. The second-order valence-electron chi connectivity index (χ2n) is 3.53. The first kappa shape index (κ1) is 10.4. The van der Waals surface area contributed by atoms with Crippen LogP contribution < -0.4 is 0 Å². The summed E-state index contributed by atoms with van der Waals surface area (Å²) in [6, 6.07) is 13.2. The molecule has 2 aromatic rings. The molecule has 0 saturated carbocycles. The smallest absolute Gasteiger partial charge is 0.150 e. The van der Waals surface area contributed by atoms with Crippen molar-refractivity contribution in [1.82, 2.24) is 0 Å². The van der Waals surface area contributed by atoms with Gasteiger partial charge in [-0.2, -0.15) is 0 Å². The van der Waals surface area contributed by atoms with Crippen molar-refractivity contribution in [2.75, 3.05) is 0 Å². The van der Waals surface area contributed by atoms with Gasteiger partial charge in [-0.1, -0.05) is 30.3 Å². The summed E-state index contributed by atoms with van der Waals surface area (Å²) in [5, 5.41) is 0. The fourth-order valence-electron chi connectivity index (χ4n) is 1.50. The summed E-state index contributed by atoms with van der Waals surface area (Å²) in [4.78, 5) is 11.0. The monoisotopic (exact) mass is 212 g/mol. The van der Waals surface area contributed by atoms with E-state index < -0.39 is 0 Å². The molecule has 0 N–H and O–H groups in total. The van der Waals surface area contributed by atoms with Crippen molar-refractivity contribution in [3.8, 4) is 0 Å². The molecule has 2 heteroatoms. The van der Waals surface area contributed by atoms with Crippen molar-refractivity contribution in [2.24, 2.45) is 0 Å². The van der Waals surface area contributed by atoms with Crippen LogP contribution >= 0.6 is 0 Å². The number of rotatable bonds is 3. The molecular weight excluding hydrogens is 200 g/mol. The van der Waals surface area contributed by atoms with Crippen LogP contribution in [0.3, 0.4) is 0 Å². The van der Waals surface area contributed by atoms with Gasteiger partial charge in [-0.15, -0.1) is 0 Å². The van der Waals surface area contributed by atoms with Crippen LogP contribution in [-0.2, 0) is 4.79 Å². The highest BCUT2D eigenvalue weighted by Crippen LogP contribution is 2.17. The number of carbonyl (C=O) groups is 1. The SMILES string of the molecule is Cc1ccc(C=C(C=O)c2ccccc2)o1. The molecular formula is C14H12O2. The number of hydrogen-bond donors (Lipinski definition) is 0. The average molecular weight is 212 g/mol. The molecule has 0 spiro atoms. The van der Waals surface area contributed by atoms with Gasteiger partial charge in [0.1, 0.15) is 11.5 Å². The minimum absolute atomic E-state index is 0.620. The van der Waals surface area contributed by atoms with Gasteiger partial charge >= 0.3 is 0 Å². The zero-order valence-electron chi connectivity index (χ0n) is 9.01. The molecule has 2 rings (SSSR count). The quantitative estimate of drug-likeness (QED) is 0.577. The lowest BCUT2D eigenvalue weighted by molar-refractivity contribution is -0.103. The van der Waals surface area contributed by atoms with Gasteiger partial charge in [0.25, 0.3) is 0 Å². The van der Waals surface area contributed by atoms with Gasteiger partial charge in [-0.3, -0.25) is 4.79 Å². The van der Waals surface area contributed by atoms with Crippen molar-refractivity contribution in [3.05, 3.63) is 59.5 Å². The van der Waals surface area contributed by atoms with E-state index in [0.29, 0.717) is 11.3 Å². The topological polar surface area (TPSA) is 30.2 Å². The van der Waals surface area contributed by atoms with E-state index in [1.54, 1.807) is 6.08 Å². The lowest BCUT2D eigenvalue weighted by Gasteiger charge is -1.98. The zero-order chi connectivity index (χ0) is 11.4. The molecule has 0 bridgehead atoms. The van der Waals surface area contributed by atoms with Crippen LogP contribution in [0.1, 0.15) is 17.1 Å². The number of furan rings is 1. The first-order chi connectivity index (χ1) is 7.79. The Bertz CT molecular complexity index is 507. The molecule has 0 atom stereocenters. The van der Waals surface area contributed by atoms with Crippen LogP contribution in [0.5, 0.6) is 0 Å². The largest absolute Gasteiger partial charge is 0.462 e. The molecule has 0 aliphatic heterocycles. The van der Waals surface area contributed by atoms with E-state index in [-0.39, 0.29) is 0 Å². The van der Waals surface area contributed by atoms with E-state index >= 15 is 0 Å². The molecule has 1 aromatic carbocycles. The molecule has 2 nitrogen and oxygen atoms in total. The van der Waals surface area contributed by atoms with Crippen molar-refractivity contribution >= 4 is 17.9 Å². The second-order valence-corrected chi connectivity index (χ2v) is 3.53. The summed E-state index contributed by atoms with van der Waals surface area (Å²) in [5.41, 5.74) is 1.52. The first-order valence-corrected chi connectivity index (χ1v) is 5.08. The van der Waals surface area contributed by atoms with E-state index in [1.165, 1.54) is 0 Å². The Hall–Kier alpha value is -2.09. The van der Waals surface area contributed by atoms with E-state index in [0.717, 1.165) is 17.6 Å². The van der Waals surface area contributed by atoms with Crippen LogP contribution in [-0.4, -0.2) is 6.29 Å². The summed E-state index contributed by atoms with van der Waals surface area (Å²) in [7, 11) is 0. The van der Waals surface area contributed by atoms with Gasteiger partial charge in [0.15, 0.2) is 6.29 Å². The fourth-order valence-corrected chi connectivity index (χ4v) is 1.50. The number of benzene rings is 1. The third kappa shape index (κ3) is 2.28. The van der Waals surface area contributed by atoms with E-state index in [9.17, 15) is 4.79 Å². The summed E-state index contributed by atoms with van der Waals surface area (Å²) in [5.74, 6) is 1.54. The number of aldehydes is 1. The third-order valence-corrected chi connectivity index (χ3v) is 2.29. The van der Waals surface area contributed by atoms with Crippen LogP contribution in [0, 0.1) is 6.92 Å². The van der Waals surface area contributed by atoms with Crippen molar-refractivity contribution in [1.29, 1.82) is 0 Å². The first-order valence-electron chi connectivity index (χ1n) is 5.08. The Morgan fingerprint density at radius 3 is 2.44 bits per heavy atom. The average Bonchev–Trinajstić information content (AvgIpc) is 2.73. The van der Waals surface area contributed by atoms with Gasteiger partial charge in [0.2, 0.25) is 0 Å². The molecule has 0 radical (unpaired) electrons. The summed E-state index contributed by atoms with van der Waals surface area (Å²) in [6.45, 7) is 1.88. The zero-order valence-corrected chi connectivity index (χ0v) is 9.01. The molecule has 0 aliphatic carbocycles. The minimum atomic E-state index is 0.620. The molecule has 0 fully saturated rings. The summed E-state index contributed by atoms with van der Waals surface area (Å²) < 4.78 is 5.40. The molecule has 16 heavy (non-hydrogen) atoms. The van der Waals surface area contributed by atoms with E-state index in [4.69, 9.17) is 4.42 Å². The maximum Gasteiger partial charge on any atom is 0.150 e. The van der Waals surface area contributed by atoms with Gasteiger partial charge in [0, 0.05) is 5.57 Å². The van der Waals surface area contributed by atoms with Gasteiger partial charge < -0.3 is 4.42 Å². The highest BCUT2D eigenvalue weighted by Gasteiger charge is 2.01. The normalized spacial score (nSPS) is 11.4. The Morgan fingerprint density at radius 2 is 1.88 bits per heavy atom. The predicted molar refractivity (Wildman–Crippen MR) is 63.8 cm³/mol. The maximum atomic E-state index is 11.0. The molecule has 0 saturated heterocycles. The molecule has 0 amide bonds. The van der Waals surface area contributed by atoms with Crippen LogP contribution in [0.4, 0.5) is 0 Å². The van der Waals surface area contributed by atoms with Crippen LogP contribution in [0.25, 0.3) is 11.6 Å². The standard InChI is InChI=1S/C14H12O2/c1-11-7-8-14(16-11)9-13(10-15)12-5-3-2-4-6-12/h2-10H,1H3. The lowest BCUT2D eigenvalue weighted by atomic mass is 10.1. The Labute approximate surface area is 94.2 Å². The van der Waals surface area contributed by atoms with Gasteiger partial charge in [-0.25, -0.2) is 0 Å². The number of aryl methyl sites for hydroxylation is 1. The summed E-state index contributed by atoms with van der Waals surface area (Å²) in [6.07, 6.45) is 2.59. The highest BCUT2D eigenvalue weighted by molar-refractivity contribution is 6.13. The Balaban J connectivity index is 2.37. The Morgan fingerprint density at radius 1 is 1.12 bits per heavy atom. The van der Waals surface area contributed by atoms with Crippen LogP contribution in [0.2, 0.25) is 0 Å². The van der Waals surface area contributed by atoms with Crippen molar-refractivity contribution in [2.45, 2.75) is 6.92 Å². The van der Waals surface area contributed by atoms with E-state index in [1.807, 2.05) is 49.4 Å². The van der Waals surface area contributed by atoms with Crippen molar-refractivity contribution in [3.63, 3.8) is 0 Å². The van der Waals surface area contributed by atoms with Gasteiger partial charge in [-0.05, 0) is 30.7 Å². The molecule has 80 valence electrons.